The molecule has 0 aromatic heterocycles. The second-order valence-corrected chi connectivity index (χ2v) is 4.36. The van der Waals surface area contributed by atoms with Crippen LogP contribution in [0.3, 0.4) is 0 Å². The Labute approximate surface area is 79.7 Å². The normalized spacial score (nSPS) is 16.7. The van der Waals surface area contributed by atoms with E-state index in [1.54, 1.807) is 0 Å². The van der Waals surface area contributed by atoms with Crippen LogP contribution >= 0.6 is 0 Å². The number of carbonyl (C=O) groups excluding carboxylic acids is 1. The van der Waals surface area contributed by atoms with Crippen molar-refractivity contribution in [1.29, 1.82) is 0 Å². The molecular weight excluding hydrogens is 162 g/mol. The van der Waals surface area contributed by atoms with Crippen LogP contribution in [-0.2, 0) is 4.79 Å². The lowest BCUT2D eigenvalue weighted by Gasteiger charge is -2.19. The lowest BCUT2D eigenvalue weighted by atomic mass is 9.95. The van der Waals surface area contributed by atoms with Crippen molar-refractivity contribution >= 4 is 5.91 Å². The van der Waals surface area contributed by atoms with Crippen LogP contribution in [0.4, 0.5) is 0 Å². The summed E-state index contributed by atoms with van der Waals surface area (Å²) < 4.78 is 0. The van der Waals surface area contributed by atoms with Gasteiger partial charge in [0.2, 0.25) is 5.91 Å². The number of hydrogen-bond acceptors (Lipinski definition) is 1. The van der Waals surface area contributed by atoms with Crippen molar-refractivity contribution in [3.8, 4) is 0 Å². The van der Waals surface area contributed by atoms with Crippen LogP contribution in [0.25, 0.3) is 0 Å². The lowest BCUT2D eigenvalue weighted by molar-refractivity contribution is -0.127. The van der Waals surface area contributed by atoms with Gasteiger partial charge in [-0.25, -0.2) is 0 Å². The molecule has 1 aliphatic rings. The molecule has 0 fully saturated rings. The fourth-order valence-corrected chi connectivity index (χ4v) is 1.04. The molecule has 1 N–H and O–H groups in total. The van der Waals surface area contributed by atoms with E-state index >= 15 is 0 Å². The highest BCUT2D eigenvalue weighted by molar-refractivity contribution is 5.82. The summed E-state index contributed by atoms with van der Waals surface area (Å²) in [5.41, 5.74) is 0.726. The van der Waals surface area contributed by atoms with Crippen molar-refractivity contribution in [2.45, 2.75) is 33.6 Å². The highest BCUT2D eigenvalue weighted by Crippen LogP contribution is 2.15. The molecule has 2 heteroatoms. The minimum Gasteiger partial charge on any atom is -0.329 e. The molecule has 1 aliphatic carbocycles. The zero-order chi connectivity index (χ0) is 9.90. The quantitative estimate of drug-likeness (QED) is 0.658. The second-order valence-electron chi connectivity index (χ2n) is 4.36. The molecule has 0 bridgehead atoms. The Balaban J connectivity index is 2.54. The van der Waals surface area contributed by atoms with Gasteiger partial charge in [0.25, 0.3) is 0 Å². The molecule has 0 saturated carbocycles. The van der Waals surface area contributed by atoms with Gasteiger partial charge in [0.1, 0.15) is 0 Å². The Morgan fingerprint density at radius 1 is 1.46 bits per heavy atom. The minimum absolute atomic E-state index is 0.0917. The summed E-state index contributed by atoms with van der Waals surface area (Å²) in [5, 5.41) is 2.93. The monoisotopic (exact) mass is 179 g/mol. The molecule has 72 valence electrons. The molecule has 0 spiro atoms. The van der Waals surface area contributed by atoms with Gasteiger partial charge in [-0.2, -0.15) is 0 Å². The van der Waals surface area contributed by atoms with Gasteiger partial charge in [-0.3, -0.25) is 4.79 Å². The molecule has 0 atom stereocenters. The minimum atomic E-state index is -0.304. The van der Waals surface area contributed by atoms with E-state index in [0.29, 0.717) is 0 Å². The van der Waals surface area contributed by atoms with E-state index in [2.05, 4.69) is 11.4 Å². The number of rotatable bonds is 1. The predicted molar refractivity (Wildman–Crippen MR) is 54.1 cm³/mol. The molecule has 2 nitrogen and oxygen atoms in total. The third-order valence-electron chi connectivity index (χ3n) is 1.97. The SMILES string of the molecule is CC(C)(C)C(=O)NC1=CC=CCC1. The summed E-state index contributed by atoms with van der Waals surface area (Å²) in [4.78, 5) is 11.6. The summed E-state index contributed by atoms with van der Waals surface area (Å²) in [7, 11) is 0. The van der Waals surface area contributed by atoms with Crippen LogP contribution in [0.2, 0.25) is 0 Å². The first-order valence-corrected chi connectivity index (χ1v) is 4.67. The van der Waals surface area contributed by atoms with Crippen LogP contribution in [0.15, 0.2) is 23.9 Å². The molecule has 0 aliphatic heterocycles. The Bertz CT molecular complexity index is 256. The summed E-state index contributed by atoms with van der Waals surface area (Å²) in [5.74, 6) is 0.0917. The summed E-state index contributed by atoms with van der Waals surface area (Å²) in [6.07, 6.45) is 8.02. The molecule has 0 heterocycles. The zero-order valence-corrected chi connectivity index (χ0v) is 8.55. The van der Waals surface area contributed by atoms with E-state index < -0.39 is 0 Å². The van der Waals surface area contributed by atoms with Gasteiger partial charge < -0.3 is 5.32 Å². The first-order chi connectivity index (χ1) is 6.00. The smallest absolute Gasteiger partial charge is 0.229 e. The van der Waals surface area contributed by atoms with Gasteiger partial charge in [-0.05, 0) is 18.9 Å². The van der Waals surface area contributed by atoms with Crippen LogP contribution in [-0.4, -0.2) is 5.91 Å². The topological polar surface area (TPSA) is 29.1 Å². The van der Waals surface area contributed by atoms with E-state index in [9.17, 15) is 4.79 Å². The first-order valence-electron chi connectivity index (χ1n) is 4.67. The molecular formula is C11H17NO. The molecule has 13 heavy (non-hydrogen) atoms. The van der Waals surface area contributed by atoms with Crippen LogP contribution in [0, 0.1) is 5.41 Å². The van der Waals surface area contributed by atoms with E-state index in [-0.39, 0.29) is 11.3 Å². The van der Waals surface area contributed by atoms with Gasteiger partial charge in [-0.1, -0.05) is 32.9 Å². The summed E-state index contributed by atoms with van der Waals surface area (Å²) in [6.45, 7) is 5.75. The van der Waals surface area contributed by atoms with Crippen molar-refractivity contribution in [3.63, 3.8) is 0 Å². The standard InChI is InChI=1S/C11H17NO/c1-11(2,3)10(13)12-9-7-5-4-6-8-9/h4-5,7H,6,8H2,1-3H3,(H,12,13). The average molecular weight is 179 g/mol. The average Bonchev–Trinajstić information content (AvgIpc) is 2.04. The van der Waals surface area contributed by atoms with Crippen molar-refractivity contribution in [1.82, 2.24) is 5.32 Å². The number of carbonyl (C=O) groups is 1. The third-order valence-corrected chi connectivity index (χ3v) is 1.97. The van der Waals surface area contributed by atoms with Crippen LogP contribution in [0.5, 0.6) is 0 Å². The highest BCUT2D eigenvalue weighted by Gasteiger charge is 2.21. The van der Waals surface area contributed by atoms with Crippen LogP contribution < -0.4 is 5.32 Å². The molecule has 0 aromatic rings. The van der Waals surface area contributed by atoms with Crippen molar-refractivity contribution in [2.24, 2.45) is 5.41 Å². The Morgan fingerprint density at radius 3 is 2.62 bits per heavy atom. The fourth-order valence-electron chi connectivity index (χ4n) is 1.04. The molecule has 0 radical (unpaired) electrons. The highest BCUT2D eigenvalue weighted by atomic mass is 16.2. The van der Waals surface area contributed by atoms with E-state index in [1.165, 1.54) is 0 Å². The van der Waals surface area contributed by atoms with E-state index in [1.807, 2.05) is 32.9 Å². The Morgan fingerprint density at radius 2 is 2.15 bits per heavy atom. The maximum Gasteiger partial charge on any atom is 0.229 e. The van der Waals surface area contributed by atoms with E-state index in [4.69, 9.17) is 0 Å². The number of hydrogen-bond donors (Lipinski definition) is 1. The van der Waals surface area contributed by atoms with Gasteiger partial charge >= 0.3 is 0 Å². The fraction of sp³-hybridized carbons (Fsp3) is 0.545. The summed E-state index contributed by atoms with van der Waals surface area (Å²) >= 11 is 0. The maximum atomic E-state index is 11.6. The lowest BCUT2D eigenvalue weighted by Crippen LogP contribution is -2.34. The first kappa shape index (κ1) is 10.0. The zero-order valence-electron chi connectivity index (χ0n) is 8.55. The maximum absolute atomic E-state index is 11.6. The molecule has 0 unspecified atom stereocenters. The summed E-state index contributed by atoms with van der Waals surface area (Å²) in [6, 6.07) is 0. The number of nitrogens with one attached hydrogen (secondary N) is 1. The van der Waals surface area contributed by atoms with Gasteiger partial charge in [-0.15, -0.1) is 0 Å². The van der Waals surface area contributed by atoms with Gasteiger partial charge in [0.05, 0.1) is 0 Å². The molecule has 0 aromatic carbocycles. The van der Waals surface area contributed by atoms with Crippen molar-refractivity contribution in [3.05, 3.63) is 23.9 Å². The van der Waals surface area contributed by atoms with E-state index in [0.717, 1.165) is 18.5 Å². The molecule has 0 saturated heterocycles. The van der Waals surface area contributed by atoms with Crippen molar-refractivity contribution in [2.75, 3.05) is 0 Å². The Kier molecular flexibility index (Phi) is 2.91. The molecule has 1 amide bonds. The third kappa shape index (κ3) is 3.05. The van der Waals surface area contributed by atoms with Crippen molar-refractivity contribution < 1.29 is 4.79 Å². The number of allylic oxidation sites excluding steroid dienone is 4. The second kappa shape index (κ2) is 3.77. The number of amides is 1. The molecule has 1 rings (SSSR count). The van der Waals surface area contributed by atoms with Gasteiger partial charge in [0.15, 0.2) is 0 Å². The van der Waals surface area contributed by atoms with Crippen LogP contribution in [0.1, 0.15) is 33.6 Å². The van der Waals surface area contributed by atoms with Gasteiger partial charge in [0, 0.05) is 11.1 Å². The largest absolute Gasteiger partial charge is 0.329 e. The predicted octanol–water partition coefficient (Wildman–Crippen LogP) is 2.38. The Hall–Kier alpha value is -1.05.